The normalized spacial score (nSPS) is 17.4. The Labute approximate surface area is 149 Å². The molecule has 1 atom stereocenters. The van der Waals surface area contributed by atoms with E-state index in [9.17, 15) is 9.90 Å². The van der Waals surface area contributed by atoms with Gasteiger partial charge in [0.05, 0.1) is 0 Å². The van der Waals surface area contributed by atoms with E-state index in [0.29, 0.717) is 11.6 Å². The van der Waals surface area contributed by atoms with Gasteiger partial charge < -0.3 is 16.2 Å². The SMILES string of the molecule is Cc1ccc(C(N)=O)cc1-c1cc(O)cc(CC[C@@H]2CCCCN2)c1. The van der Waals surface area contributed by atoms with Crippen LogP contribution in [0.25, 0.3) is 11.1 Å². The molecule has 1 heterocycles. The van der Waals surface area contributed by atoms with E-state index in [-0.39, 0.29) is 5.75 Å². The van der Waals surface area contributed by atoms with Gasteiger partial charge in [0, 0.05) is 11.6 Å². The zero-order valence-corrected chi connectivity index (χ0v) is 14.7. The fourth-order valence-corrected chi connectivity index (χ4v) is 3.57. The number of benzene rings is 2. The van der Waals surface area contributed by atoms with Gasteiger partial charge in [0.15, 0.2) is 0 Å². The average Bonchev–Trinajstić information content (AvgIpc) is 2.60. The Morgan fingerprint density at radius 2 is 2.08 bits per heavy atom. The van der Waals surface area contributed by atoms with Crippen LogP contribution in [0.15, 0.2) is 36.4 Å². The molecule has 1 aliphatic heterocycles. The highest BCUT2D eigenvalue weighted by atomic mass is 16.3. The standard InChI is InChI=1S/C21H26N2O2/c1-14-5-7-16(21(22)25)13-20(14)17-10-15(11-19(24)12-17)6-8-18-4-2-3-9-23-18/h5,7,10-13,18,23-24H,2-4,6,8-9H2,1H3,(H2,22,25)/t18-/m0/s1. The third-order valence-corrected chi connectivity index (χ3v) is 5.00. The van der Waals surface area contributed by atoms with E-state index in [1.165, 1.54) is 19.3 Å². The van der Waals surface area contributed by atoms with Crippen LogP contribution in [0.5, 0.6) is 5.75 Å². The second kappa shape index (κ2) is 7.70. The minimum atomic E-state index is -0.440. The van der Waals surface area contributed by atoms with Crippen LogP contribution in [0.1, 0.15) is 47.2 Å². The molecule has 2 aromatic rings. The number of phenolic OH excluding ortho intramolecular Hbond substituents is 1. The number of aryl methyl sites for hydroxylation is 2. The summed E-state index contributed by atoms with van der Waals surface area (Å²) in [5.41, 5.74) is 9.91. The summed E-state index contributed by atoms with van der Waals surface area (Å²) in [4.78, 5) is 11.5. The summed E-state index contributed by atoms with van der Waals surface area (Å²) in [6.45, 7) is 3.10. The topological polar surface area (TPSA) is 75.4 Å². The number of carbonyl (C=O) groups is 1. The number of nitrogens with two attached hydrogens (primary N) is 1. The van der Waals surface area contributed by atoms with Gasteiger partial charge >= 0.3 is 0 Å². The van der Waals surface area contributed by atoms with Gasteiger partial charge in [-0.2, -0.15) is 0 Å². The summed E-state index contributed by atoms with van der Waals surface area (Å²) >= 11 is 0. The van der Waals surface area contributed by atoms with E-state index in [2.05, 4.69) is 11.4 Å². The molecule has 25 heavy (non-hydrogen) atoms. The lowest BCUT2D eigenvalue weighted by Gasteiger charge is -2.23. The molecule has 0 aromatic heterocycles. The van der Waals surface area contributed by atoms with Gasteiger partial charge in [-0.3, -0.25) is 4.79 Å². The second-order valence-corrected chi connectivity index (χ2v) is 6.97. The van der Waals surface area contributed by atoms with Crippen molar-refractivity contribution in [3.63, 3.8) is 0 Å². The smallest absolute Gasteiger partial charge is 0.248 e. The summed E-state index contributed by atoms with van der Waals surface area (Å²) in [5.74, 6) is -0.182. The molecule has 4 N–H and O–H groups in total. The molecule has 2 aromatic carbocycles. The van der Waals surface area contributed by atoms with E-state index in [1.54, 1.807) is 18.2 Å². The van der Waals surface area contributed by atoms with Crippen LogP contribution < -0.4 is 11.1 Å². The third kappa shape index (κ3) is 4.40. The van der Waals surface area contributed by atoms with Crippen molar-refractivity contribution in [3.05, 3.63) is 53.1 Å². The fraction of sp³-hybridized carbons (Fsp3) is 0.381. The summed E-state index contributed by atoms with van der Waals surface area (Å²) in [5, 5.41) is 13.7. The van der Waals surface area contributed by atoms with E-state index in [4.69, 9.17) is 5.73 Å². The van der Waals surface area contributed by atoms with Crippen molar-refractivity contribution in [1.29, 1.82) is 0 Å². The monoisotopic (exact) mass is 338 g/mol. The average molecular weight is 338 g/mol. The Morgan fingerprint density at radius 1 is 1.24 bits per heavy atom. The zero-order valence-electron chi connectivity index (χ0n) is 14.7. The molecule has 0 unspecified atom stereocenters. The van der Waals surface area contributed by atoms with Crippen LogP contribution in [0.4, 0.5) is 0 Å². The molecule has 0 bridgehead atoms. The predicted octanol–water partition coefficient (Wildman–Crippen LogP) is 3.54. The van der Waals surface area contributed by atoms with E-state index < -0.39 is 5.91 Å². The van der Waals surface area contributed by atoms with Crippen molar-refractivity contribution >= 4 is 5.91 Å². The van der Waals surface area contributed by atoms with Crippen LogP contribution in [0.3, 0.4) is 0 Å². The lowest BCUT2D eigenvalue weighted by Crippen LogP contribution is -2.34. The van der Waals surface area contributed by atoms with E-state index >= 15 is 0 Å². The van der Waals surface area contributed by atoms with Crippen molar-refractivity contribution in [2.45, 2.75) is 45.1 Å². The Balaban J connectivity index is 1.84. The van der Waals surface area contributed by atoms with Gasteiger partial charge in [0.25, 0.3) is 0 Å². The molecule has 0 saturated carbocycles. The highest BCUT2D eigenvalue weighted by Gasteiger charge is 2.13. The lowest BCUT2D eigenvalue weighted by atomic mass is 9.93. The number of rotatable bonds is 5. The first-order valence-corrected chi connectivity index (χ1v) is 9.00. The number of nitrogens with one attached hydrogen (secondary N) is 1. The Kier molecular flexibility index (Phi) is 5.39. The molecule has 4 nitrogen and oxygen atoms in total. The third-order valence-electron chi connectivity index (χ3n) is 5.00. The maximum Gasteiger partial charge on any atom is 0.248 e. The summed E-state index contributed by atoms with van der Waals surface area (Å²) in [6, 6.07) is 11.7. The highest BCUT2D eigenvalue weighted by molar-refractivity contribution is 5.94. The van der Waals surface area contributed by atoms with E-state index in [1.807, 2.05) is 19.1 Å². The van der Waals surface area contributed by atoms with Gasteiger partial charge in [0.2, 0.25) is 5.91 Å². The largest absolute Gasteiger partial charge is 0.508 e. The number of phenols is 1. The van der Waals surface area contributed by atoms with Gasteiger partial charge in [-0.05, 0) is 85.7 Å². The number of amides is 1. The molecule has 1 aliphatic rings. The minimum absolute atomic E-state index is 0.257. The summed E-state index contributed by atoms with van der Waals surface area (Å²) < 4.78 is 0. The molecule has 4 heteroatoms. The van der Waals surface area contributed by atoms with Crippen molar-refractivity contribution in [2.75, 3.05) is 6.54 Å². The zero-order chi connectivity index (χ0) is 17.8. The molecular formula is C21H26N2O2. The van der Waals surface area contributed by atoms with Crippen molar-refractivity contribution in [2.24, 2.45) is 5.73 Å². The van der Waals surface area contributed by atoms with Crippen LogP contribution in [-0.2, 0) is 6.42 Å². The number of piperidine rings is 1. The molecule has 0 radical (unpaired) electrons. The lowest BCUT2D eigenvalue weighted by molar-refractivity contribution is 0.100. The predicted molar refractivity (Wildman–Crippen MR) is 101 cm³/mol. The number of primary amides is 1. The van der Waals surface area contributed by atoms with Gasteiger partial charge in [-0.25, -0.2) is 0 Å². The Morgan fingerprint density at radius 3 is 2.80 bits per heavy atom. The maximum atomic E-state index is 11.5. The molecule has 0 aliphatic carbocycles. The van der Waals surface area contributed by atoms with Crippen molar-refractivity contribution in [3.8, 4) is 16.9 Å². The first kappa shape index (κ1) is 17.5. The molecule has 0 spiro atoms. The van der Waals surface area contributed by atoms with E-state index in [0.717, 1.165) is 41.6 Å². The fourth-order valence-electron chi connectivity index (χ4n) is 3.57. The van der Waals surface area contributed by atoms with Gasteiger partial charge in [-0.15, -0.1) is 0 Å². The highest BCUT2D eigenvalue weighted by Crippen LogP contribution is 2.29. The molecule has 1 fully saturated rings. The van der Waals surface area contributed by atoms with Gasteiger partial charge in [-0.1, -0.05) is 18.6 Å². The van der Waals surface area contributed by atoms with Crippen LogP contribution in [0.2, 0.25) is 0 Å². The first-order valence-electron chi connectivity index (χ1n) is 9.00. The van der Waals surface area contributed by atoms with Crippen LogP contribution >= 0.6 is 0 Å². The Hall–Kier alpha value is -2.33. The van der Waals surface area contributed by atoms with Crippen LogP contribution in [0, 0.1) is 6.92 Å². The van der Waals surface area contributed by atoms with Crippen molar-refractivity contribution in [1.82, 2.24) is 5.32 Å². The second-order valence-electron chi connectivity index (χ2n) is 6.97. The first-order chi connectivity index (χ1) is 12.0. The van der Waals surface area contributed by atoms with Gasteiger partial charge in [0.1, 0.15) is 5.75 Å². The molecule has 3 rings (SSSR count). The van der Waals surface area contributed by atoms with Crippen LogP contribution in [-0.4, -0.2) is 23.6 Å². The molecular weight excluding hydrogens is 312 g/mol. The number of aromatic hydroxyl groups is 1. The summed E-state index contributed by atoms with van der Waals surface area (Å²) in [6.07, 6.45) is 5.78. The minimum Gasteiger partial charge on any atom is -0.508 e. The Bertz CT molecular complexity index is 764. The summed E-state index contributed by atoms with van der Waals surface area (Å²) in [7, 11) is 0. The number of carbonyl (C=O) groups excluding carboxylic acids is 1. The molecule has 1 amide bonds. The number of hydrogen-bond acceptors (Lipinski definition) is 3. The number of hydrogen-bond donors (Lipinski definition) is 3. The quantitative estimate of drug-likeness (QED) is 0.780. The van der Waals surface area contributed by atoms with Crippen molar-refractivity contribution < 1.29 is 9.90 Å². The molecule has 132 valence electrons. The molecule has 1 saturated heterocycles. The maximum absolute atomic E-state index is 11.5.